The first-order chi connectivity index (χ1) is 12.8. The van der Waals surface area contributed by atoms with Crippen molar-refractivity contribution in [2.24, 2.45) is 4.99 Å². The van der Waals surface area contributed by atoms with E-state index >= 15 is 0 Å². The molecule has 27 heavy (non-hydrogen) atoms. The SMILES string of the molecule is Cc1ccc(NC(=O)C2CC(=O)NC(=Nc3ccc(Cl)c(Cl)c3)S2)cc1Cl. The van der Waals surface area contributed by atoms with E-state index in [-0.39, 0.29) is 18.2 Å². The number of amides is 2. The molecule has 2 N–H and O–H groups in total. The van der Waals surface area contributed by atoms with Gasteiger partial charge in [-0.05, 0) is 42.8 Å². The summed E-state index contributed by atoms with van der Waals surface area (Å²) in [5, 5.41) is 6.49. The van der Waals surface area contributed by atoms with Gasteiger partial charge in [-0.1, -0.05) is 52.6 Å². The van der Waals surface area contributed by atoms with Gasteiger partial charge in [-0.25, -0.2) is 4.99 Å². The zero-order valence-electron chi connectivity index (χ0n) is 14.1. The van der Waals surface area contributed by atoms with E-state index in [1.54, 1.807) is 30.3 Å². The highest BCUT2D eigenvalue weighted by molar-refractivity contribution is 8.15. The highest BCUT2D eigenvalue weighted by atomic mass is 35.5. The second-order valence-corrected chi connectivity index (χ2v) is 8.24. The number of amidine groups is 1. The van der Waals surface area contributed by atoms with Crippen molar-refractivity contribution in [1.29, 1.82) is 0 Å². The van der Waals surface area contributed by atoms with Crippen LogP contribution in [0.2, 0.25) is 15.1 Å². The number of benzene rings is 2. The molecule has 0 bridgehead atoms. The highest BCUT2D eigenvalue weighted by Crippen LogP contribution is 2.29. The Balaban J connectivity index is 1.74. The fourth-order valence-corrected chi connectivity index (χ4v) is 3.78. The number of aliphatic imine (C=N–C) groups is 1. The van der Waals surface area contributed by atoms with Gasteiger partial charge >= 0.3 is 0 Å². The monoisotopic (exact) mass is 441 g/mol. The molecular formula is C18H14Cl3N3O2S. The Kier molecular flexibility index (Phi) is 6.32. The quantitative estimate of drug-likeness (QED) is 0.686. The summed E-state index contributed by atoms with van der Waals surface area (Å²) in [6.45, 7) is 1.88. The second-order valence-electron chi connectivity index (χ2n) is 5.83. The number of nitrogens with one attached hydrogen (secondary N) is 2. The van der Waals surface area contributed by atoms with E-state index < -0.39 is 5.25 Å². The lowest BCUT2D eigenvalue weighted by molar-refractivity contribution is -0.123. The van der Waals surface area contributed by atoms with E-state index in [1.165, 1.54) is 11.8 Å². The molecule has 0 spiro atoms. The summed E-state index contributed by atoms with van der Waals surface area (Å²) in [4.78, 5) is 28.9. The minimum Gasteiger partial charge on any atom is -0.325 e. The molecule has 2 amide bonds. The smallest absolute Gasteiger partial charge is 0.238 e. The van der Waals surface area contributed by atoms with E-state index in [9.17, 15) is 9.59 Å². The lowest BCUT2D eigenvalue weighted by Crippen LogP contribution is -2.41. The Hall–Kier alpha value is -1.73. The number of halogens is 3. The maximum atomic E-state index is 12.6. The summed E-state index contributed by atoms with van der Waals surface area (Å²) in [5.74, 6) is -0.578. The molecule has 5 nitrogen and oxygen atoms in total. The molecule has 0 aromatic heterocycles. The molecule has 0 radical (unpaired) electrons. The molecule has 1 atom stereocenters. The zero-order valence-corrected chi connectivity index (χ0v) is 17.1. The minimum absolute atomic E-state index is 0.0521. The molecule has 2 aromatic carbocycles. The fourth-order valence-electron chi connectivity index (χ4n) is 2.31. The number of carbonyl (C=O) groups is 2. The van der Waals surface area contributed by atoms with Gasteiger partial charge in [0.2, 0.25) is 11.8 Å². The number of hydrogen-bond donors (Lipinski definition) is 2. The molecule has 0 aliphatic carbocycles. The molecule has 2 aromatic rings. The topological polar surface area (TPSA) is 70.6 Å². The van der Waals surface area contributed by atoms with E-state index in [0.717, 1.165) is 5.56 Å². The Bertz CT molecular complexity index is 949. The van der Waals surface area contributed by atoms with Crippen LogP contribution in [0.25, 0.3) is 0 Å². The molecular weight excluding hydrogens is 429 g/mol. The Morgan fingerprint density at radius 2 is 1.93 bits per heavy atom. The van der Waals surface area contributed by atoms with Crippen LogP contribution >= 0.6 is 46.6 Å². The van der Waals surface area contributed by atoms with Crippen molar-refractivity contribution in [3.8, 4) is 0 Å². The summed E-state index contributed by atoms with van der Waals surface area (Å²) < 4.78 is 0. The maximum Gasteiger partial charge on any atom is 0.238 e. The van der Waals surface area contributed by atoms with Gasteiger partial charge in [0, 0.05) is 17.1 Å². The maximum absolute atomic E-state index is 12.6. The van der Waals surface area contributed by atoms with Gasteiger partial charge in [0.25, 0.3) is 0 Å². The van der Waals surface area contributed by atoms with E-state index in [1.807, 2.05) is 13.0 Å². The van der Waals surface area contributed by atoms with Gasteiger partial charge in [-0.15, -0.1) is 0 Å². The van der Waals surface area contributed by atoms with E-state index in [2.05, 4.69) is 15.6 Å². The van der Waals surface area contributed by atoms with Gasteiger partial charge in [0.05, 0.1) is 15.7 Å². The van der Waals surface area contributed by atoms with Crippen LogP contribution in [0.5, 0.6) is 0 Å². The molecule has 1 aliphatic rings. The molecule has 0 saturated carbocycles. The van der Waals surface area contributed by atoms with Crippen LogP contribution in [0.15, 0.2) is 41.4 Å². The number of hydrogen-bond acceptors (Lipinski definition) is 4. The van der Waals surface area contributed by atoms with Crippen LogP contribution < -0.4 is 10.6 Å². The average Bonchev–Trinajstić information content (AvgIpc) is 2.61. The Labute approximate surface area is 175 Å². The first kappa shape index (κ1) is 20.0. The normalized spacial score (nSPS) is 18.3. The largest absolute Gasteiger partial charge is 0.325 e. The number of aryl methyl sites for hydroxylation is 1. The molecule has 1 heterocycles. The van der Waals surface area contributed by atoms with Crippen molar-refractivity contribution in [1.82, 2.24) is 5.32 Å². The van der Waals surface area contributed by atoms with Crippen molar-refractivity contribution >= 4 is 74.9 Å². The number of carbonyl (C=O) groups excluding carboxylic acids is 2. The average molecular weight is 443 g/mol. The summed E-state index contributed by atoms with van der Waals surface area (Å²) in [6, 6.07) is 10.1. The third kappa shape index (κ3) is 5.17. The molecule has 1 saturated heterocycles. The van der Waals surface area contributed by atoms with Crippen molar-refractivity contribution in [2.75, 3.05) is 5.32 Å². The third-order valence-corrected chi connectivity index (χ3v) is 5.96. The van der Waals surface area contributed by atoms with E-state index in [0.29, 0.717) is 31.6 Å². The predicted octanol–water partition coefficient (Wildman–Crippen LogP) is 5.20. The standard InChI is InChI=1S/C18H14Cl3N3O2S/c1-9-2-3-10(6-13(9)20)22-17(26)15-8-16(25)24-18(27-15)23-11-4-5-12(19)14(21)7-11/h2-7,15H,8H2,1H3,(H,22,26)(H,23,24,25). The number of anilines is 1. The van der Waals surface area contributed by atoms with Gasteiger partial charge in [0.1, 0.15) is 5.25 Å². The van der Waals surface area contributed by atoms with Crippen LogP contribution in [0, 0.1) is 6.92 Å². The molecule has 140 valence electrons. The second kappa shape index (κ2) is 8.52. The molecule has 1 aliphatic heterocycles. The van der Waals surface area contributed by atoms with Crippen LogP contribution in [-0.2, 0) is 9.59 Å². The van der Waals surface area contributed by atoms with Crippen molar-refractivity contribution in [2.45, 2.75) is 18.6 Å². The minimum atomic E-state index is -0.611. The lowest BCUT2D eigenvalue weighted by atomic mass is 10.2. The first-order valence-corrected chi connectivity index (χ1v) is 9.90. The number of thioether (sulfide) groups is 1. The van der Waals surface area contributed by atoms with Gasteiger partial charge in [0.15, 0.2) is 5.17 Å². The van der Waals surface area contributed by atoms with Crippen LogP contribution in [0.3, 0.4) is 0 Å². The van der Waals surface area contributed by atoms with Crippen LogP contribution in [0.1, 0.15) is 12.0 Å². The summed E-state index contributed by atoms with van der Waals surface area (Å²) in [6.07, 6.45) is 0.0521. The van der Waals surface area contributed by atoms with Crippen molar-refractivity contribution in [3.63, 3.8) is 0 Å². The summed E-state index contributed by atoms with van der Waals surface area (Å²) in [5.41, 5.74) is 2.01. The summed E-state index contributed by atoms with van der Waals surface area (Å²) in [7, 11) is 0. The highest BCUT2D eigenvalue weighted by Gasteiger charge is 2.30. The number of nitrogens with zero attached hydrogens (tertiary/aromatic N) is 1. The molecule has 1 fully saturated rings. The predicted molar refractivity (Wildman–Crippen MR) is 113 cm³/mol. The zero-order chi connectivity index (χ0) is 19.6. The Morgan fingerprint density at radius 1 is 1.15 bits per heavy atom. The summed E-state index contributed by atoms with van der Waals surface area (Å²) >= 11 is 19.1. The van der Waals surface area contributed by atoms with Crippen LogP contribution in [0.4, 0.5) is 11.4 Å². The van der Waals surface area contributed by atoms with Crippen molar-refractivity contribution < 1.29 is 9.59 Å². The molecule has 9 heteroatoms. The number of rotatable bonds is 3. The molecule has 3 rings (SSSR count). The molecule has 1 unspecified atom stereocenters. The third-order valence-electron chi connectivity index (χ3n) is 3.74. The van der Waals surface area contributed by atoms with E-state index in [4.69, 9.17) is 34.8 Å². The Morgan fingerprint density at radius 3 is 2.63 bits per heavy atom. The fraction of sp³-hybridized carbons (Fsp3) is 0.167. The van der Waals surface area contributed by atoms with Crippen molar-refractivity contribution in [3.05, 3.63) is 57.0 Å². The van der Waals surface area contributed by atoms with Gasteiger partial charge < -0.3 is 10.6 Å². The van der Waals surface area contributed by atoms with Crippen LogP contribution in [-0.4, -0.2) is 22.2 Å². The lowest BCUT2D eigenvalue weighted by Gasteiger charge is -2.22. The van der Waals surface area contributed by atoms with Gasteiger partial charge in [-0.2, -0.15) is 0 Å². The first-order valence-electron chi connectivity index (χ1n) is 7.89. The van der Waals surface area contributed by atoms with Gasteiger partial charge in [-0.3, -0.25) is 9.59 Å².